The van der Waals surface area contributed by atoms with E-state index < -0.39 is 0 Å². The summed E-state index contributed by atoms with van der Waals surface area (Å²) in [5, 5.41) is 4.76. The molecule has 9 aromatic carbocycles. The minimum atomic E-state index is -0.137. The maximum atomic E-state index is 6.29. The average Bonchev–Trinajstić information content (AvgIpc) is 3.75. The predicted molar refractivity (Wildman–Crippen MR) is 240 cm³/mol. The lowest BCUT2D eigenvalue weighted by Crippen LogP contribution is -2.17. The van der Waals surface area contributed by atoms with Gasteiger partial charge in [-0.3, -0.25) is 0 Å². The third-order valence-corrected chi connectivity index (χ3v) is 12.1. The van der Waals surface area contributed by atoms with Gasteiger partial charge in [0.1, 0.15) is 11.2 Å². The number of anilines is 3. The number of hydrogen-bond donors (Lipinski definition) is 0. The molecule has 0 saturated carbocycles. The van der Waals surface area contributed by atoms with E-state index in [2.05, 4.69) is 207 Å². The van der Waals surface area contributed by atoms with Crippen LogP contribution in [0.15, 0.2) is 205 Å². The number of furan rings is 1. The summed E-state index contributed by atoms with van der Waals surface area (Å²) in [6, 6.07) is 72.9. The molecule has 0 bridgehead atoms. The Kier molecular flexibility index (Phi) is 7.55. The fraction of sp³-hybridized carbons (Fsp3) is 0.0545. The summed E-state index contributed by atoms with van der Waals surface area (Å²) in [6.07, 6.45) is 0. The van der Waals surface area contributed by atoms with E-state index in [1.165, 1.54) is 55.3 Å². The molecule has 1 aliphatic rings. The number of para-hydroxylation sites is 1. The monoisotopic (exact) mass is 729 g/mol. The van der Waals surface area contributed by atoms with Gasteiger partial charge < -0.3 is 9.32 Å². The highest BCUT2D eigenvalue weighted by molar-refractivity contribution is 6.06. The van der Waals surface area contributed by atoms with Crippen molar-refractivity contribution >= 4 is 49.8 Å². The number of fused-ring (bicyclic) bond motifs is 7. The van der Waals surface area contributed by atoms with Gasteiger partial charge in [0.25, 0.3) is 0 Å². The molecule has 270 valence electrons. The van der Waals surface area contributed by atoms with Crippen molar-refractivity contribution in [3.63, 3.8) is 0 Å². The molecule has 11 rings (SSSR count). The van der Waals surface area contributed by atoms with Gasteiger partial charge in [-0.1, -0.05) is 159 Å². The van der Waals surface area contributed by atoms with E-state index in [9.17, 15) is 0 Å². The summed E-state index contributed by atoms with van der Waals surface area (Å²) < 4.78 is 6.29. The maximum absolute atomic E-state index is 6.29. The van der Waals surface area contributed by atoms with Gasteiger partial charge in [0.2, 0.25) is 0 Å². The third-order valence-electron chi connectivity index (χ3n) is 12.1. The number of rotatable bonds is 6. The predicted octanol–water partition coefficient (Wildman–Crippen LogP) is 15.5. The Labute approximate surface area is 332 Å². The summed E-state index contributed by atoms with van der Waals surface area (Å²) >= 11 is 0. The smallest absolute Gasteiger partial charge is 0.136 e. The Morgan fingerprint density at radius 2 is 0.982 bits per heavy atom. The van der Waals surface area contributed by atoms with Crippen molar-refractivity contribution in [3.05, 3.63) is 211 Å². The van der Waals surface area contributed by atoms with E-state index in [4.69, 9.17) is 4.42 Å². The van der Waals surface area contributed by atoms with Crippen LogP contribution in [0.1, 0.15) is 25.0 Å². The topological polar surface area (TPSA) is 16.4 Å². The normalized spacial score (nSPS) is 12.9. The second-order valence-electron chi connectivity index (χ2n) is 15.8. The van der Waals surface area contributed by atoms with Crippen LogP contribution in [0.4, 0.5) is 17.1 Å². The van der Waals surface area contributed by atoms with Crippen LogP contribution in [-0.2, 0) is 5.41 Å². The Morgan fingerprint density at radius 1 is 0.368 bits per heavy atom. The lowest BCUT2D eigenvalue weighted by Gasteiger charge is -2.30. The molecule has 10 aromatic rings. The average molecular weight is 730 g/mol. The lowest BCUT2D eigenvalue weighted by atomic mass is 9.82. The molecule has 1 aliphatic carbocycles. The molecule has 57 heavy (non-hydrogen) atoms. The van der Waals surface area contributed by atoms with Crippen LogP contribution in [0.25, 0.3) is 77.2 Å². The molecule has 0 N–H and O–H groups in total. The summed E-state index contributed by atoms with van der Waals surface area (Å²) in [7, 11) is 0. The minimum Gasteiger partial charge on any atom is -0.456 e. The highest BCUT2D eigenvalue weighted by atomic mass is 16.3. The first-order valence-corrected chi connectivity index (χ1v) is 19.7. The zero-order valence-electron chi connectivity index (χ0n) is 31.9. The van der Waals surface area contributed by atoms with E-state index in [1.807, 2.05) is 12.1 Å². The van der Waals surface area contributed by atoms with Gasteiger partial charge in [-0.05, 0) is 115 Å². The first-order valence-electron chi connectivity index (χ1n) is 19.7. The molecule has 0 spiro atoms. The van der Waals surface area contributed by atoms with Gasteiger partial charge >= 0.3 is 0 Å². The first-order chi connectivity index (χ1) is 28.0. The molecule has 0 atom stereocenters. The SMILES string of the molecule is CC1(C)c2ccccc2-c2ccc(N(c3ccc(-c4ccc5c(c4)oc4ccccc45)cc3)c3cc(-c4ccc5ccccc5c4)ccc3-c3ccccc3)cc21. The van der Waals surface area contributed by atoms with Crippen LogP contribution in [0.3, 0.4) is 0 Å². The van der Waals surface area contributed by atoms with Gasteiger partial charge in [0.05, 0.1) is 5.69 Å². The third kappa shape index (κ3) is 5.48. The summed E-state index contributed by atoms with van der Waals surface area (Å²) in [6.45, 7) is 4.71. The molecule has 0 amide bonds. The quantitative estimate of drug-likeness (QED) is 0.169. The van der Waals surface area contributed by atoms with Crippen molar-refractivity contribution in [2.45, 2.75) is 19.3 Å². The first kappa shape index (κ1) is 33.2. The lowest BCUT2D eigenvalue weighted by molar-refractivity contribution is 0.660. The number of nitrogens with zero attached hydrogens (tertiary/aromatic N) is 1. The molecular formula is C55H39NO. The largest absolute Gasteiger partial charge is 0.456 e. The van der Waals surface area contributed by atoms with Gasteiger partial charge in [0.15, 0.2) is 0 Å². The van der Waals surface area contributed by atoms with E-state index in [0.29, 0.717) is 0 Å². The summed E-state index contributed by atoms with van der Waals surface area (Å²) in [4.78, 5) is 2.46. The van der Waals surface area contributed by atoms with Crippen molar-refractivity contribution in [1.82, 2.24) is 0 Å². The Balaban J connectivity index is 1.10. The fourth-order valence-corrected chi connectivity index (χ4v) is 9.09. The molecular weight excluding hydrogens is 691 g/mol. The highest BCUT2D eigenvalue weighted by Gasteiger charge is 2.36. The van der Waals surface area contributed by atoms with Crippen LogP contribution in [0, 0.1) is 0 Å². The standard InChI is InChI=1S/C55H39NO/c1-55(2)50-18-10-8-16-46(50)47-31-28-44(35-51(47)55)56(43-26-22-37(23-27-43)42-25-30-49-48-17-9-11-19-53(48)57-54(49)34-42)52-33-41(24-29-45(52)38-13-4-3-5-14-38)40-21-20-36-12-6-7-15-39(36)32-40/h3-35H,1-2H3. The Morgan fingerprint density at radius 3 is 1.86 bits per heavy atom. The second kappa shape index (κ2) is 13.0. The minimum absolute atomic E-state index is 0.137. The summed E-state index contributed by atoms with van der Waals surface area (Å²) in [5.41, 5.74) is 17.3. The molecule has 0 radical (unpaired) electrons. The van der Waals surface area contributed by atoms with Crippen LogP contribution in [0.5, 0.6) is 0 Å². The number of hydrogen-bond acceptors (Lipinski definition) is 2. The van der Waals surface area contributed by atoms with Gasteiger partial charge in [-0.15, -0.1) is 0 Å². The van der Waals surface area contributed by atoms with Crippen LogP contribution < -0.4 is 4.90 Å². The van der Waals surface area contributed by atoms with Gasteiger partial charge in [-0.25, -0.2) is 0 Å². The van der Waals surface area contributed by atoms with Crippen molar-refractivity contribution in [2.75, 3.05) is 4.90 Å². The van der Waals surface area contributed by atoms with Crippen molar-refractivity contribution in [1.29, 1.82) is 0 Å². The van der Waals surface area contributed by atoms with E-state index in [1.54, 1.807) is 0 Å². The zero-order valence-corrected chi connectivity index (χ0v) is 31.9. The molecule has 2 nitrogen and oxygen atoms in total. The van der Waals surface area contributed by atoms with Gasteiger partial charge in [0, 0.05) is 33.1 Å². The maximum Gasteiger partial charge on any atom is 0.136 e. The highest BCUT2D eigenvalue weighted by Crippen LogP contribution is 2.51. The second-order valence-corrected chi connectivity index (χ2v) is 15.8. The van der Waals surface area contributed by atoms with Crippen LogP contribution >= 0.6 is 0 Å². The van der Waals surface area contributed by atoms with Crippen molar-refractivity contribution in [3.8, 4) is 44.5 Å². The van der Waals surface area contributed by atoms with Crippen molar-refractivity contribution < 1.29 is 4.42 Å². The summed E-state index contributed by atoms with van der Waals surface area (Å²) in [5.74, 6) is 0. The molecule has 2 heteroatoms. The fourth-order valence-electron chi connectivity index (χ4n) is 9.09. The number of benzene rings is 9. The molecule has 0 unspecified atom stereocenters. The van der Waals surface area contributed by atoms with E-state index >= 15 is 0 Å². The van der Waals surface area contributed by atoms with E-state index in [0.717, 1.165) is 50.1 Å². The Bertz CT molecular complexity index is 3150. The van der Waals surface area contributed by atoms with Crippen LogP contribution in [-0.4, -0.2) is 0 Å². The van der Waals surface area contributed by atoms with Crippen LogP contribution in [0.2, 0.25) is 0 Å². The van der Waals surface area contributed by atoms with Gasteiger partial charge in [-0.2, -0.15) is 0 Å². The molecule has 1 aromatic heterocycles. The van der Waals surface area contributed by atoms with Crippen molar-refractivity contribution in [2.24, 2.45) is 0 Å². The van der Waals surface area contributed by atoms with E-state index in [-0.39, 0.29) is 5.41 Å². The zero-order chi connectivity index (χ0) is 38.1. The Hall–Kier alpha value is -7.16. The molecule has 1 heterocycles. The molecule has 0 saturated heterocycles. The molecule has 0 fully saturated rings. The molecule has 0 aliphatic heterocycles.